The molecule has 2 aromatic heterocycles. The minimum absolute atomic E-state index is 0.111. The molecule has 3 aromatic rings. The second kappa shape index (κ2) is 9.30. The minimum atomic E-state index is -0.168. The summed E-state index contributed by atoms with van der Waals surface area (Å²) in [4.78, 5) is 30.8. The van der Waals surface area contributed by atoms with Crippen molar-refractivity contribution in [3.05, 3.63) is 64.0 Å². The molecule has 4 rings (SSSR count). The predicted molar refractivity (Wildman–Crippen MR) is 114 cm³/mol. The van der Waals surface area contributed by atoms with Gasteiger partial charge < -0.3 is 15.4 Å². The van der Waals surface area contributed by atoms with E-state index in [1.807, 2.05) is 29.6 Å². The predicted octanol–water partition coefficient (Wildman–Crippen LogP) is 3.71. The Morgan fingerprint density at radius 1 is 1.17 bits per heavy atom. The number of hydrogen-bond acceptors (Lipinski definition) is 6. The van der Waals surface area contributed by atoms with E-state index in [0.717, 1.165) is 34.9 Å². The van der Waals surface area contributed by atoms with Crippen molar-refractivity contribution >= 4 is 34.5 Å². The second-order valence-electron chi connectivity index (χ2n) is 6.74. The first kappa shape index (κ1) is 19.8. The van der Waals surface area contributed by atoms with Crippen LogP contribution in [0.15, 0.2) is 48.0 Å². The number of rotatable bonds is 7. The number of thiazole rings is 1. The summed E-state index contributed by atoms with van der Waals surface area (Å²) in [7, 11) is 0. The van der Waals surface area contributed by atoms with Gasteiger partial charge in [0.05, 0.1) is 17.2 Å². The lowest BCUT2D eigenvalue weighted by Crippen LogP contribution is -2.31. The Bertz CT molecular complexity index is 979. The number of ether oxygens (including phenoxy) is 1. The molecule has 1 saturated heterocycles. The molecule has 0 spiro atoms. The van der Waals surface area contributed by atoms with Crippen LogP contribution in [0, 0.1) is 0 Å². The molecule has 150 valence electrons. The van der Waals surface area contributed by atoms with Crippen molar-refractivity contribution in [3.8, 4) is 9.88 Å². The smallest absolute Gasteiger partial charge is 0.263 e. The number of amides is 2. The van der Waals surface area contributed by atoms with Crippen LogP contribution >= 0.6 is 22.7 Å². The van der Waals surface area contributed by atoms with Gasteiger partial charge in [0.15, 0.2) is 0 Å². The average molecular weight is 428 g/mol. The van der Waals surface area contributed by atoms with Gasteiger partial charge in [-0.25, -0.2) is 4.98 Å². The largest absolute Gasteiger partial charge is 0.376 e. The third kappa shape index (κ3) is 5.09. The molecular formula is C21H21N3O3S2. The maximum atomic E-state index is 12.4. The minimum Gasteiger partial charge on any atom is -0.376 e. The van der Waals surface area contributed by atoms with Crippen molar-refractivity contribution < 1.29 is 14.3 Å². The molecule has 0 aliphatic carbocycles. The fourth-order valence-electron chi connectivity index (χ4n) is 3.10. The van der Waals surface area contributed by atoms with Gasteiger partial charge in [0.2, 0.25) is 0 Å². The van der Waals surface area contributed by atoms with E-state index in [-0.39, 0.29) is 17.9 Å². The van der Waals surface area contributed by atoms with Crippen molar-refractivity contribution in [2.24, 2.45) is 0 Å². The zero-order chi connectivity index (χ0) is 20.1. The Hall–Kier alpha value is -2.55. The standard InChI is InChI=1S/C21H21N3O3S2/c25-19(23-12-16-6-2-8-27-16)15-5-1-4-14(10-15)11-22-20(26)18-13-24-21(29-18)17-7-3-9-28-17/h1,3-5,7,9-10,13,16H,2,6,8,11-12H2,(H,22,26)(H,23,25). The fourth-order valence-corrected chi connectivity index (χ4v) is 4.74. The van der Waals surface area contributed by atoms with Gasteiger partial charge in [0, 0.05) is 25.3 Å². The zero-order valence-electron chi connectivity index (χ0n) is 15.7. The number of aromatic nitrogens is 1. The van der Waals surface area contributed by atoms with Gasteiger partial charge >= 0.3 is 0 Å². The molecule has 0 radical (unpaired) electrons. The van der Waals surface area contributed by atoms with Crippen LogP contribution in [0.3, 0.4) is 0 Å². The van der Waals surface area contributed by atoms with Crippen LogP contribution in [0.4, 0.5) is 0 Å². The molecule has 3 heterocycles. The van der Waals surface area contributed by atoms with Crippen LogP contribution in [0.5, 0.6) is 0 Å². The quantitative estimate of drug-likeness (QED) is 0.602. The van der Waals surface area contributed by atoms with E-state index in [2.05, 4.69) is 15.6 Å². The molecule has 0 bridgehead atoms. The fraction of sp³-hybridized carbons (Fsp3) is 0.286. The molecule has 2 amide bonds. The Morgan fingerprint density at radius 2 is 2.10 bits per heavy atom. The average Bonchev–Trinajstić information content (AvgIpc) is 3.51. The van der Waals surface area contributed by atoms with Crippen molar-refractivity contribution in [3.63, 3.8) is 0 Å². The van der Waals surface area contributed by atoms with E-state index in [0.29, 0.717) is 23.5 Å². The second-order valence-corrected chi connectivity index (χ2v) is 8.71. The summed E-state index contributed by atoms with van der Waals surface area (Å²) < 4.78 is 5.53. The molecule has 1 fully saturated rings. The Labute approximate surface area is 176 Å². The topological polar surface area (TPSA) is 80.3 Å². The van der Waals surface area contributed by atoms with E-state index >= 15 is 0 Å². The highest BCUT2D eigenvalue weighted by molar-refractivity contribution is 7.21. The highest BCUT2D eigenvalue weighted by atomic mass is 32.1. The summed E-state index contributed by atoms with van der Waals surface area (Å²) in [6, 6.07) is 11.2. The molecule has 1 unspecified atom stereocenters. The lowest BCUT2D eigenvalue weighted by molar-refractivity contribution is 0.0857. The van der Waals surface area contributed by atoms with Crippen LogP contribution in [-0.2, 0) is 11.3 Å². The highest BCUT2D eigenvalue weighted by Crippen LogP contribution is 2.28. The first-order chi connectivity index (χ1) is 14.2. The maximum absolute atomic E-state index is 12.4. The van der Waals surface area contributed by atoms with Crippen LogP contribution in [0.2, 0.25) is 0 Å². The SMILES string of the molecule is O=C(NCC1CCCO1)c1cccc(CNC(=O)c2cnc(-c3cccs3)s2)c1. The van der Waals surface area contributed by atoms with Gasteiger partial charge in [-0.2, -0.15) is 0 Å². The van der Waals surface area contributed by atoms with E-state index in [4.69, 9.17) is 4.74 Å². The summed E-state index contributed by atoms with van der Waals surface area (Å²) in [6.07, 6.45) is 3.74. The molecule has 1 aliphatic heterocycles. The summed E-state index contributed by atoms with van der Waals surface area (Å²) in [5, 5.41) is 8.65. The number of benzene rings is 1. The van der Waals surface area contributed by atoms with Gasteiger partial charge in [-0.3, -0.25) is 9.59 Å². The van der Waals surface area contributed by atoms with Crippen LogP contribution in [0.1, 0.15) is 38.4 Å². The molecule has 0 saturated carbocycles. The van der Waals surface area contributed by atoms with Gasteiger partial charge in [-0.05, 0) is 42.0 Å². The number of carbonyl (C=O) groups is 2. The van der Waals surface area contributed by atoms with E-state index in [1.165, 1.54) is 11.3 Å². The summed E-state index contributed by atoms with van der Waals surface area (Å²) >= 11 is 2.97. The molecule has 1 aliphatic rings. The first-order valence-electron chi connectivity index (χ1n) is 9.46. The molecule has 1 atom stereocenters. The number of hydrogen-bond donors (Lipinski definition) is 2. The molecule has 2 N–H and O–H groups in total. The molecular weight excluding hydrogens is 406 g/mol. The number of thiophene rings is 1. The number of carbonyl (C=O) groups excluding carboxylic acids is 2. The van der Waals surface area contributed by atoms with Crippen LogP contribution in [0.25, 0.3) is 9.88 Å². The Kier molecular flexibility index (Phi) is 6.33. The molecule has 1 aromatic carbocycles. The van der Waals surface area contributed by atoms with Crippen molar-refractivity contribution in [2.75, 3.05) is 13.2 Å². The van der Waals surface area contributed by atoms with Gasteiger partial charge in [0.25, 0.3) is 11.8 Å². The van der Waals surface area contributed by atoms with E-state index in [1.54, 1.807) is 29.7 Å². The van der Waals surface area contributed by atoms with Crippen molar-refractivity contribution in [2.45, 2.75) is 25.5 Å². The lowest BCUT2D eigenvalue weighted by Gasteiger charge is -2.11. The normalized spacial score (nSPS) is 15.9. The van der Waals surface area contributed by atoms with E-state index < -0.39 is 0 Å². The van der Waals surface area contributed by atoms with Crippen molar-refractivity contribution in [1.82, 2.24) is 15.6 Å². The van der Waals surface area contributed by atoms with Gasteiger partial charge in [-0.1, -0.05) is 18.2 Å². The maximum Gasteiger partial charge on any atom is 0.263 e. The third-order valence-electron chi connectivity index (χ3n) is 4.62. The van der Waals surface area contributed by atoms with Gasteiger partial charge in [-0.15, -0.1) is 22.7 Å². The van der Waals surface area contributed by atoms with Crippen LogP contribution in [-0.4, -0.2) is 36.1 Å². The number of nitrogens with zero attached hydrogens (tertiary/aromatic N) is 1. The monoisotopic (exact) mass is 427 g/mol. The Morgan fingerprint density at radius 3 is 2.90 bits per heavy atom. The zero-order valence-corrected chi connectivity index (χ0v) is 17.4. The summed E-state index contributed by atoms with van der Waals surface area (Å²) in [5.74, 6) is -0.296. The highest BCUT2D eigenvalue weighted by Gasteiger charge is 2.17. The molecule has 6 nitrogen and oxygen atoms in total. The Balaban J connectivity index is 1.32. The van der Waals surface area contributed by atoms with Crippen molar-refractivity contribution in [1.29, 1.82) is 0 Å². The summed E-state index contributed by atoms with van der Waals surface area (Å²) in [6.45, 7) is 1.64. The van der Waals surface area contributed by atoms with Gasteiger partial charge in [0.1, 0.15) is 9.88 Å². The number of nitrogens with one attached hydrogen (secondary N) is 2. The lowest BCUT2D eigenvalue weighted by atomic mass is 10.1. The van der Waals surface area contributed by atoms with Crippen LogP contribution < -0.4 is 10.6 Å². The molecule has 8 heteroatoms. The first-order valence-corrected chi connectivity index (χ1v) is 11.2. The molecule has 29 heavy (non-hydrogen) atoms. The third-order valence-corrected chi connectivity index (χ3v) is 6.65. The summed E-state index contributed by atoms with van der Waals surface area (Å²) in [5.41, 5.74) is 1.44. The van der Waals surface area contributed by atoms with E-state index in [9.17, 15) is 9.59 Å².